The fraction of sp³-hybridized carbons (Fsp3) is 0.0714. The molecule has 1 amide bonds. The van der Waals surface area contributed by atoms with Crippen LogP contribution >= 0.6 is 11.8 Å². The van der Waals surface area contributed by atoms with Crippen LogP contribution in [0.5, 0.6) is 0 Å². The first kappa shape index (κ1) is 11.9. The fourth-order valence-electron chi connectivity index (χ4n) is 1.90. The highest BCUT2D eigenvalue weighted by Gasteiger charge is 2.32. The van der Waals surface area contributed by atoms with Crippen molar-refractivity contribution in [3.05, 3.63) is 53.1 Å². The minimum Gasteiger partial charge on any atom is -0.269 e. The number of carbonyl (C=O) groups excluding carboxylic acids is 1. The number of rotatable bonds is 1. The number of benzene rings is 1. The van der Waals surface area contributed by atoms with Gasteiger partial charge in [-0.25, -0.2) is 4.99 Å². The van der Waals surface area contributed by atoms with E-state index in [0.29, 0.717) is 16.6 Å². The predicted octanol–water partition coefficient (Wildman–Crippen LogP) is 2.51. The van der Waals surface area contributed by atoms with Crippen LogP contribution in [0.25, 0.3) is 6.08 Å². The van der Waals surface area contributed by atoms with Gasteiger partial charge in [0.05, 0.1) is 5.57 Å². The topological polar surface area (TPSA) is 45.0 Å². The molecule has 0 unspecified atom stereocenters. The van der Waals surface area contributed by atoms with Crippen LogP contribution in [-0.4, -0.2) is 28.9 Å². The first-order chi connectivity index (χ1) is 9.29. The Bertz CT molecular complexity index is 644. The molecule has 0 fully saturated rings. The molecule has 2 heterocycles. The molecule has 1 aromatic carbocycles. The van der Waals surface area contributed by atoms with Crippen LogP contribution in [0.3, 0.4) is 0 Å². The number of amidine groups is 2. The lowest BCUT2D eigenvalue weighted by atomic mass is 10.1. The average molecular weight is 269 g/mol. The second kappa shape index (κ2) is 4.85. The van der Waals surface area contributed by atoms with Crippen LogP contribution in [0.1, 0.15) is 5.56 Å². The van der Waals surface area contributed by atoms with E-state index in [2.05, 4.69) is 9.98 Å². The zero-order valence-corrected chi connectivity index (χ0v) is 11.1. The van der Waals surface area contributed by atoms with Gasteiger partial charge in [0, 0.05) is 13.2 Å². The molecule has 0 atom stereocenters. The van der Waals surface area contributed by atoms with E-state index in [1.54, 1.807) is 18.1 Å². The molecule has 2 aliphatic rings. The van der Waals surface area contributed by atoms with Crippen molar-refractivity contribution in [2.45, 2.75) is 0 Å². The molecule has 0 saturated carbocycles. The highest BCUT2D eigenvalue weighted by molar-refractivity contribution is 8.16. The van der Waals surface area contributed by atoms with Crippen molar-refractivity contribution in [1.29, 1.82) is 0 Å². The lowest BCUT2D eigenvalue weighted by molar-refractivity contribution is -0.121. The van der Waals surface area contributed by atoms with Crippen LogP contribution in [-0.2, 0) is 4.79 Å². The van der Waals surface area contributed by atoms with Gasteiger partial charge in [0.1, 0.15) is 0 Å². The van der Waals surface area contributed by atoms with Crippen molar-refractivity contribution >= 4 is 34.7 Å². The summed E-state index contributed by atoms with van der Waals surface area (Å²) in [5, 5.41) is 2.51. The fourth-order valence-corrected chi connectivity index (χ4v) is 2.60. The minimum absolute atomic E-state index is 0.0873. The van der Waals surface area contributed by atoms with Crippen molar-refractivity contribution in [3.8, 4) is 0 Å². The van der Waals surface area contributed by atoms with Crippen molar-refractivity contribution in [2.75, 3.05) is 7.05 Å². The number of amides is 1. The molecule has 0 aromatic heterocycles. The van der Waals surface area contributed by atoms with E-state index in [-0.39, 0.29) is 5.91 Å². The molecule has 0 spiro atoms. The summed E-state index contributed by atoms with van der Waals surface area (Å²) < 4.78 is 0. The summed E-state index contributed by atoms with van der Waals surface area (Å²) >= 11 is 1.42. The van der Waals surface area contributed by atoms with Gasteiger partial charge in [0.15, 0.2) is 11.0 Å². The molecule has 1 aromatic rings. The Kier molecular flexibility index (Phi) is 3.05. The Labute approximate surface area is 115 Å². The Morgan fingerprint density at radius 3 is 2.84 bits per heavy atom. The smallest absolute Gasteiger partial charge is 0.267 e. The van der Waals surface area contributed by atoms with Crippen LogP contribution in [0, 0.1) is 0 Å². The van der Waals surface area contributed by atoms with Crippen LogP contribution in [0.4, 0.5) is 0 Å². The van der Waals surface area contributed by atoms with E-state index in [1.165, 1.54) is 11.8 Å². The highest BCUT2D eigenvalue weighted by atomic mass is 32.2. The largest absolute Gasteiger partial charge is 0.269 e. The van der Waals surface area contributed by atoms with Crippen LogP contribution in [0.2, 0.25) is 0 Å². The number of carbonyl (C=O) groups is 1. The van der Waals surface area contributed by atoms with Gasteiger partial charge in [-0.15, -0.1) is 0 Å². The first-order valence-corrected chi connectivity index (χ1v) is 6.67. The number of nitrogens with zero attached hydrogens (tertiary/aromatic N) is 3. The lowest BCUT2D eigenvalue weighted by Crippen LogP contribution is -2.36. The van der Waals surface area contributed by atoms with Gasteiger partial charge in [-0.05, 0) is 17.0 Å². The van der Waals surface area contributed by atoms with Crippen molar-refractivity contribution in [1.82, 2.24) is 4.90 Å². The molecule has 2 aliphatic heterocycles. The second-order valence-electron chi connectivity index (χ2n) is 3.99. The van der Waals surface area contributed by atoms with Crippen molar-refractivity contribution in [3.63, 3.8) is 0 Å². The van der Waals surface area contributed by atoms with Gasteiger partial charge in [-0.2, -0.15) is 0 Å². The summed E-state index contributed by atoms with van der Waals surface area (Å²) in [6.45, 7) is 0. The third-order valence-electron chi connectivity index (χ3n) is 2.80. The Balaban J connectivity index is 2.08. The Morgan fingerprint density at radius 2 is 2.11 bits per heavy atom. The van der Waals surface area contributed by atoms with Crippen molar-refractivity contribution in [2.24, 2.45) is 9.98 Å². The summed E-state index contributed by atoms with van der Waals surface area (Å²) in [6, 6.07) is 9.70. The highest BCUT2D eigenvalue weighted by Crippen LogP contribution is 2.27. The molecule has 19 heavy (non-hydrogen) atoms. The van der Waals surface area contributed by atoms with Crippen LogP contribution < -0.4 is 0 Å². The van der Waals surface area contributed by atoms with E-state index in [1.807, 2.05) is 41.8 Å². The third kappa shape index (κ3) is 2.13. The Hall–Kier alpha value is -2.14. The zero-order valence-electron chi connectivity index (χ0n) is 10.3. The van der Waals surface area contributed by atoms with Gasteiger partial charge in [0.25, 0.3) is 5.91 Å². The maximum atomic E-state index is 12.4. The van der Waals surface area contributed by atoms with Gasteiger partial charge >= 0.3 is 0 Å². The molecule has 0 aliphatic carbocycles. The molecular weight excluding hydrogens is 258 g/mol. The standard InChI is InChI=1S/C14H11N3OS/c1-15-12-11(9-10-5-3-2-4-6-10)13(18)17-7-8-19-14(17)16-12/h2-9H,1H3/b11-9+,15-12?. The minimum atomic E-state index is -0.0873. The number of hydrogen-bond acceptors (Lipinski definition) is 3. The van der Waals surface area contributed by atoms with Gasteiger partial charge in [-0.3, -0.25) is 14.7 Å². The molecule has 5 heteroatoms. The molecule has 94 valence electrons. The summed E-state index contributed by atoms with van der Waals surface area (Å²) in [7, 11) is 1.65. The molecular formula is C14H11N3OS. The zero-order chi connectivity index (χ0) is 13.2. The van der Waals surface area contributed by atoms with Gasteiger partial charge in [-0.1, -0.05) is 42.1 Å². The quantitative estimate of drug-likeness (QED) is 0.735. The molecule has 0 bridgehead atoms. The maximum absolute atomic E-state index is 12.4. The third-order valence-corrected chi connectivity index (χ3v) is 3.56. The maximum Gasteiger partial charge on any atom is 0.267 e. The molecule has 3 rings (SSSR count). The summed E-state index contributed by atoms with van der Waals surface area (Å²) in [6.07, 6.45) is 3.55. The van der Waals surface area contributed by atoms with E-state index in [0.717, 1.165) is 5.56 Å². The molecule has 0 saturated heterocycles. The first-order valence-electron chi connectivity index (χ1n) is 5.79. The molecule has 4 nitrogen and oxygen atoms in total. The van der Waals surface area contributed by atoms with E-state index >= 15 is 0 Å². The SMILES string of the molecule is CN=C1N=C2SC=CN2C(=O)/C1=C/c1ccccc1. The van der Waals surface area contributed by atoms with E-state index < -0.39 is 0 Å². The Morgan fingerprint density at radius 1 is 1.32 bits per heavy atom. The number of thioether (sulfide) groups is 1. The van der Waals surface area contributed by atoms with E-state index in [4.69, 9.17) is 0 Å². The van der Waals surface area contributed by atoms with E-state index in [9.17, 15) is 4.79 Å². The summed E-state index contributed by atoms with van der Waals surface area (Å²) in [5.41, 5.74) is 1.48. The van der Waals surface area contributed by atoms with Crippen LogP contribution in [0.15, 0.2) is 57.5 Å². The summed E-state index contributed by atoms with van der Waals surface area (Å²) in [4.78, 5) is 22.5. The number of hydrogen-bond donors (Lipinski definition) is 0. The van der Waals surface area contributed by atoms with Gasteiger partial charge in [0.2, 0.25) is 0 Å². The normalized spacial score (nSPS) is 22.1. The van der Waals surface area contributed by atoms with Gasteiger partial charge < -0.3 is 0 Å². The molecule has 0 radical (unpaired) electrons. The summed E-state index contributed by atoms with van der Waals surface area (Å²) in [5.74, 6) is 0.395. The van der Waals surface area contributed by atoms with Crippen molar-refractivity contribution < 1.29 is 4.79 Å². The molecule has 0 N–H and O–H groups in total. The predicted molar refractivity (Wildman–Crippen MR) is 78.8 cm³/mol. The number of fused-ring (bicyclic) bond motifs is 1. The second-order valence-corrected chi connectivity index (χ2v) is 4.86. The monoisotopic (exact) mass is 269 g/mol. The number of aliphatic imine (C=N–C) groups is 2. The average Bonchev–Trinajstić information content (AvgIpc) is 2.91. The lowest BCUT2D eigenvalue weighted by Gasteiger charge is -2.21.